The van der Waals surface area contributed by atoms with Crippen molar-refractivity contribution in [1.82, 2.24) is 15.5 Å². The van der Waals surface area contributed by atoms with Crippen LogP contribution in [0.25, 0.3) is 11.5 Å². The summed E-state index contributed by atoms with van der Waals surface area (Å²) >= 11 is 0. The van der Waals surface area contributed by atoms with Gasteiger partial charge in [0.1, 0.15) is 5.75 Å². The molecular weight excluding hydrogens is 308 g/mol. The van der Waals surface area contributed by atoms with Gasteiger partial charge >= 0.3 is 0 Å². The smallest absolute Gasteiger partial charge is 0.275 e. The monoisotopic (exact) mass is 333 g/mol. The van der Waals surface area contributed by atoms with Crippen molar-refractivity contribution >= 4 is 5.91 Å². The normalized spacial score (nSPS) is 13.3. The van der Waals surface area contributed by atoms with Crippen LogP contribution in [0.1, 0.15) is 32.2 Å². The molecule has 0 spiro atoms. The number of methoxy groups -OCH3 is 1. The summed E-state index contributed by atoms with van der Waals surface area (Å²) in [5, 5.41) is 11.1. The summed E-state index contributed by atoms with van der Waals surface area (Å²) in [4.78, 5) is 12.8. The summed E-state index contributed by atoms with van der Waals surface area (Å²) in [6.45, 7) is 5.05. The Morgan fingerprint density at radius 2 is 2.04 bits per heavy atom. The lowest BCUT2D eigenvalue weighted by Gasteiger charge is -2.18. The molecule has 0 fully saturated rings. The fourth-order valence-corrected chi connectivity index (χ4v) is 2.20. The lowest BCUT2D eigenvalue weighted by atomic mass is 10.2. The van der Waals surface area contributed by atoms with E-state index in [2.05, 4.69) is 15.5 Å². The van der Waals surface area contributed by atoms with Crippen LogP contribution in [0.15, 0.2) is 28.7 Å². The number of ether oxygens (including phenoxy) is 1. The molecule has 1 amide bonds. The first kappa shape index (κ1) is 17.9. The Morgan fingerprint density at radius 1 is 1.33 bits per heavy atom. The topological polar surface area (TPSA) is 81.7 Å². The number of aromatic nitrogens is 2. The molecule has 7 heteroatoms. The van der Waals surface area contributed by atoms with E-state index >= 15 is 0 Å². The predicted octanol–water partition coefficient (Wildman–Crippen LogP) is 0.847. The Kier molecular flexibility index (Phi) is 6.31. The van der Waals surface area contributed by atoms with Crippen molar-refractivity contribution in [2.45, 2.75) is 26.3 Å². The van der Waals surface area contributed by atoms with Crippen LogP contribution in [0.2, 0.25) is 0 Å². The van der Waals surface area contributed by atoms with Crippen LogP contribution in [0.3, 0.4) is 0 Å². The zero-order valence-corrected chi connectivity index (χ0v) is 14.6. The maximum Gasteiger partial charge on any atom is 0.275 e. The molecule has 1 unspecified atom stereocenters. The van der Waals surface area contributed by atoms with E-state index < -0.39 is 0 Å². The largest absolute Gasteiger partial charge is 0.497 e. The number of nitrogens with zero attached hydrogens (tertiary/aromatic N) is 2. The maximum absolute atomic E-state index is 11.8. The average Bonchev–Trinajstić information content (AvgIpc) is 3.09. The van der Waals surface area contributed by atoms with Crippen LogP contribution in [-0.2, 0) is 4.79 Å². The van der Waals surface area contributed by atoms with Gasteiger partial charge in [0.15, 0.2) is 12.6 Å². The van der Waals surface area contributed by atoms with Crippen molar-refractivity contribution in [3.05, 3.63) is 30.2 Å². The molecule has 1 heterocycles. The van der Waals surface area contributed by atoms with Gasteiger partial charge in [0, 0.05) is 12.1 Å². The number of quaternary nitrogens is 1. The Bertz CT molecular complexity index is 654. The van der Waals surface area contributed by atoms with E-state index in [-0.39, 0.29) is 11.9 Å². The lowest BCUT2D eigenvalue weighted by molar-refractivity contribution is -0.903. The highest BCUT2D eigenvalue weighted by Crippen LogP contribution is 2.22. The standard InChI is InChI=1S/C17H24N4O3/c1-5-10-18-15(22)11-21(3)12(2)16-19-20-17(24-16)13-6-8-14(23-4)9-7-13/h6-9,12H,5,10-11H2,1-4H3,(H,18,22)/p+1/t12-/m1/s1. The summed E-state index contributed by atoms with van der Waals surface area (Å²) in [6.07, 6.45) is 0.926. The first-order valence-electron chi connectivity index (χ1n) is 8.12. The number of rotatable bonds is 8. The Morgan fingerprint density at radius 3 is 2.67 bits per heavy atom. The van der Waals surface area contributed by atoms with Crippen LogP contribution in [0.5, 0.6) is 5.75 Å². The molecular formula is C17H25N4O3+. The molecule has 2 atom stereocenters. The van der Waals surface area contributed by atoms with Crippen LogP contribution >= 0.6 is 0 Å². The van der Waals surface area contributed by atoms with Gasteiger partial charge in [-0.15, -0.1) is 10.2 Å². The number of benzene rings is 1. The molecule has 0 aliphatic heterocycles. The second-order valence-corrected chi connectivity index (χ2v) is 5.77. The van der Waals surface area contributed by atoms with Gasteiger partial charge in [-0.05, 0) is 37.6 Å². The summed E-state index contributed by atoms with van der Waals surface area (Å²) in [5.41, 5.74) is 0.833. The van der Waals surface area contributed by atoms with Crippen LogP contribution in [0, 0.1) is 0 Å². The molecule has 2 rings (SSSR count). The van der Waals surface area contributed by atoms with E-state index in [0.29, 0.717) is 24.9 Å². The van der Waals surface area contributed by atoms with Gasteiger partial charge in [-0.25, -0.2) is 0 Å². The van der Waals surface area contributed by atoms with Crippen molar-refractivity contribution < 1.29 is 18.8 Å². The van der Waals surface area contributed by atoms with Gasteiger partial charge in [-0.1, -0.05) is 6.92 Å². The zero-order valence-electron chi connectivity index (χ0n) is 14.6. The lowest BCUT2D eigenvalue weighted by Crippen LogP contribution is -3.10. The zero-order chi connectivity index (χ0) is 17.5. The molecule has 0 saturated heterocycles. The minimum Gasteiger partial charge on any atom is -0.497 e. The third-order valence-electron chi connectivity index (χ3n) is 3.90. The summed E-state index contributed by atoms with van der Waals surface area (Å²) in [7, 11) is 3.56. The molecule has 2 N–H and O–H groups in total. The highest BCUT2D eigenvalue weighted by Gasteiger charge is 2.24. The number of hydrogen-bond acceptors (Lipinski definition) is 5. The number of carbonyl (C=O) groups is 1. The van der Waals surface area contributed by atoms with Gasteiger partial charge in [0.05, 0.1) is 14.2 Å². The Hall–Kier alpha value is -2.41. The van der Waals surface area contributed by atoms with E-state index in [1.165, 1.54) is 0 Å². The first-order valence-corrected chi connectivity index (χ1v) is 8.12. The van der Waals surface area contributed by atoms with Crippen molar-refractivity contribution in [2.24, 2.45) is 0 Å². The molecule has 7 nitrogen and oxygen atoms in total. The third kappa shape index (κ3) is 4.55. The van der Waals surface area contributed by atoms with Gasteiger partial charge in [-0.3, -0.25) is 4.79 Å². The fourth-order valence-electron chi connectivity index (χ4n) is 2.20. The minimum atomic E-state index is -0.0723. The fraction of sp³-hybridized carbons (Fsp3) is 0.471. The molecule has 2 aromatic rings. The molecule has 0 saturated carbocycles. The number of nitrogens with one attached hydrogen (secondary N) is 2. The van der Waals surface area contributed by atoms with E-state index in [1.54, 1.807) is 7.11 Å². The van der Waals surface area contributed by atoms with Crippen LogP contribution in [0.4, 0.5) is 0 Å². The summed E-state index contributed by atoms with van der Waals surface area (Å²) < 4.78 is 10.9. The SMILES string of the molecule is CCCNC(=O)C[NH+](C)[C@H](C)c1nnc(-c2ccc(OC)cc2)o1. The van der Waals surface area contributed by atoms with Gasteiger partial charge in [-0.2, -0.15) is 0 Å². The van der Waals surface area contributed by atoms with Gasteiger partial charge in [0.25, 0.3) is 11.8 Å². The van der Waals surface area contributed by atoms with Crippen molar-refractivity contribution in [2.75, 3.05) is 27.2 Å². The van der Waals surface area contributed by atoms with Crippen molar-refractivity contribution in [3.8, 4) is 17.2 Å². The number of carbonyl (C=O) groups excluding carboxylic acids is 1. The average molecular weight is 333 g/mol. The number of amides is 1. The molecule has 0 radical (unpaired) electrons. The van der Waals surface area contributed by atoms with Crippen LogP contribution < -0.4 is 15.0 Å². The maximum atomic E-state index is 11.8. The van der Waals surface area contributed by atoms with E-state index in [9.17, 15) is 4.79 Å². The minimum absolute atomic E-state index is 0.0242. The quantitative estimate of drug-likeness (QED) is 0.748. The number of hydrogen-bond donors (Lipinski definition) is 2. The first-order chi connectivity index (χ1) is 11.5. The molecule has 1 aromatic heterocycles. The van der Waals surface area contributed by atoms with E-state index in [0.717, 1.165) is 22.6 Å². The highest BCUT2D eigenvalue weighted by molar-refractivity contribution is 5.76. The van der Waals surface area contributed by atoms with Crippen molar-refractivity contribution in [3.63, 3.8) is 0 Å². The third-order valence-corrected chi connectivity index (χ3v) is 3.90. The van der Waals surface area contributed by atoms with Gasteiger partial charge in [0.2, 0.25) is 5.89 Å². The summed E-state index contributed by atoms with van der Waals surface area (Å²) in [6, 6.07) is 7.36. The highest BCUT2D eigenvalue weighted by atomic mass is 16.5. The predicted molar refractivity (Wildman–Crippen MR) is 89.8 cm³/mol. The Balaban J connectivity index is 2.01. The molecule has 0 aliphatic rings. The second-order valence-electron chi connectivity index (χ2n) is 5.77. The molecule has 1 aromatic carbocycles. The van der Waals surface area contributed by atoms with Crippen molar-refractivity contribution in [1.29, 1.82) is 0 Å². The van der Waals surface area contributed by atoms with E-state index in [1.807, 2.05) is 45.2 Å². The molecule has 0 aliphatic carbocycles. The van der Waals surface area contributed by atoms with E-state index in [4.69, 9.17) is 9.15 Å². The van der Waals surface area contributed by atoms with Gasteiger partial charge < -0.3 is 19.4 Å². The molecule has 130 valence electrons. The summed E-state index contributed by atoms with van der Waals surface area (Å²) in [5.74, 6) is 1.77. The second kappa shape index (κ2) is 8.44. The number of likely N-dealkylation sites (N-methyl/N-ethyl adjacent to an activating group) is 1. The van der Waals surface area contributed by atoms with Crippen LogP contribution in [-0.4, -0.2) is 43.4 Å². The Labute approximate surface area is 142 Å². The molecule has 0 bridgehead atoms. The molecule has 24 heavy (non-hydrogen) atoms.